The van der Waals surface area contributed by atoms with Crippen LogP contribution in [0.2, 0.25) is 0 Å². The van der Waals surface area contributed by atoms with E-state index in [2.05, 4.69) is 14.5 Å². The Morgan fingerprint density at radius 2 is 2.12 bits per heavy atom. The van der Waals surface area contributed by atoms with E-state index in [9.17, 15) is 4.79 Å². The molecule has 3 rings (SSSR count). The van der Waals surface area contributed by atoms with Crippen LogP contribution in [-0.4, -0.2) is 33.6 Å². The van der Waals surface area contributed by atoms with Gasteiger partial charge < -0.3 is 4.57 Å². The van der Waals surface area contributed by atoms with E-state index in [4.69, 9.17) is 12.2 Å². The highest BCUT2D eigenvalue weighted by atomic mass is 32.1. The maximum atomic E-state index is 11.2. The van der Waals surface area contributed by atoms with Crippen LogP contribution in [0.5, 0.6) is 0 Å². The van der Waals surface area contributed by atoms with Crippen molar-refractivity contribution in [3.8, 4) is 0 Å². The molecule has 2 aliphatic rings. The molecule has 4 nitrogen and oxygen atoms in total. The Labute approximate surface area is 105 Å². The molecule has 0 radical (unpaired) electrons. The minimum atomic E-state index is -0.107. The van der Waals surface area contributed by atoms with Gasteiger partial charge >= 0.3 is 0 Å². The second-order valence-electron chi connectivity index (χ2n) is 4.97. The van der Waals surface area contributed by atoms with Crippen molar-refractivity contribution in [1.29, 1.82) is 0 Å². The molecule has 2 aliphatic heterocycles. The number of aromatic nitrogens is 2. The summed E-state index contributed by atoms with van der Waals surface area (Å²) in [6.07, 6.45) is 6.88. The average molecular weight is 251 g/mol. The molecular formula is C12H17N3OS. The highest BCUT2D eigenvalue weighted by molar-refractivity contribution is 7.71. The number of nitrogens with zero attached hydrogens (tertiary/aromatic N) is 2. The van der Waals surface area contributed by atoms with Gasteiger partial charge in [-0.25, -0.2) is 0 Å². The number of nitrogens with one attached hydrogen (secondary N) is 1. The van der Waals surface area contributed by atoms with Gasteiger partial charge in [-0.05, 0) is 38.0 Å². The summed E-state index contributed by atoms with van der Waals surface area (Å²) in [4.78, 5) is 16.5. The lowest BCUT2D eigenvalue weighted by atomic mass is 9.99. The van der Waals surface area contributed by atoms with Gasteiger partial charge in [0.1, 0.15) is 0 Å². The normalized spacial score (nSPS) is 29.2. The van der Waals surface area contributed by atoms with Gasteiger partial charge in [0, 0.05) is 24.8 Å². The number of rotatable bonds is 1. The summed E-state index contributed by atoms with van der Waals surface area (Å²) in [6.45, 7) is 2.38. The lowest BCUT2D eigenvalue weighted by molar-refractivity contribution is 0.172. The van der Waals surface area contributed by atoms with Crippen LogP contribution in [0.4, 0.5) is 0 Å². The Morgan fingerprint density at radius 1 is 1.24 bits per heavy atom. The fraction of sp³-hybridized carbons (Fsp3) is 0.667. The topological polar surface area (TPSA) is 41.0 Å². The van der Waals surface area contributed by atoms with Gasteiger partial charge in [-0.1, -0.05) is 6.42 Å². The standard InChI is InChI=1S/C12H17N3OS/c16-11-5-8-15(12(17)13-11)10-4-7-14-6-2-1-3-9(10)14/h5,8-10H,1-4,6-7H2,(H,13,16,17). The predicted molar refractivity (Wildman–Crippen MR) is 68.8 cm³/mol. The third-order valence-corrected chi connectivity index (χ3v) is 4.34. The molecule has 5 heteroatoms. The fourth-order valence-corrected chi connectivity index (χ4v) is 3.53. The first kappa shape index (κ1) is 11.2. The number of H-pyrrole nitrogens is 1. The van der Waals surface area contributed by atoms with Gasteiger partial charge in [0.2, 0.25) is 0 Å². The summed E-state index contributed by atoms with van der Waals surface area (Å²) in [7, 11) is 0. The first-order chi connectivity index (χ1) is 8.25. The molecule has 1 aromatic heterocycles. The summed E-state index contributed by atoms with van der Waals surface area (Å²) in [5.41, 5.74) is -0.107. The van der Waals surface area contributed by atoms with Crippen molar-refractivity contribution in [3.05, 3.63) is 27.4 Å². The maximum absolute atomic E-state index is 11.2. The van der Waals surface area contributed by atoms with Crippen molar-refractivity contribution in [2.24, 2.45) is 0 Å². The molecule has 2 atom stereocenters. The van der Waals surface area contributed by atoms with E-state index in [1.807, 2.05) is 6.20 Å². The highest BCUT2D eigenvalue weighted by Gasteiger charge is 2.36. The molecule has 1 N–H and O–H groups in total. The van der Waals surface area contributed by atoms with Crippen molar-refractivity contribution < 1.29 is 0 Å². The predicted octanol–water partition coefficient (Wildman–Crippen LogP) is 1.71. The minimum Gasteiger partial charge on any atom is -0.320 e. The van der Waals surface area contributed by atoms with E-state index < -0.39 is 0 Å². The van der Waals surface area contributed by atoms with Gasteiger partial charge in [-0.15, -0.1) is 0 Å². The molecule has 1 aromatic rings. The first-order valence-corrected chi connectivity index (χ1v) is 6.72. The van der Waals surface area contributed by atoms with Crippen LogP contribution < -0.4 is 5.56 Å². The van der Waals surface area contributed by atoms with Crippen LogP contribution in [0.25, 0.3) is 0 Å². The zero-order chi connectivity index (χ0) is 11.8. The molecule has 2 fully saturated rings. The summed E-state index contributed by atoms with van der Waals surface area (Å²) in [5, 5.41) is 0. The molecule has 92 valence electrons. The minimum absolute atomic E-state index is 0.107. The van der Waals surface area contributed by atoms with Crippen molar-refractivity contribution in [1.82, 2.24) is 14.5 Å². The van der Waals surface area contributed by atoms with E-state index in [1.54, 1.807) is 6.07 Å². The summed E-state index contributed by atoms with van der Waals surface area (Å²) < 4.78 is 2.64. The summed E-state index contributed by atoms with van der Waals surface area (Å²) >= 11 is 5.26. The van der Waals surface area contributed by atoms with Crippen LogP contribution in [0.3, 0.4) is 0 Å². The van der Waals surface area contributed by atoms with E-state index in [0.717, 1.165) is 13.0 Å². The molecule has 0 bridgehead atoms. The molecule has 2 unspecified atom stereocenters. The Bertz CT molecular complexity index is 521. The number of fused-ring (bicyclic) bond motifs is 1. The van der Waals surface area contributed by atoms with Crippen LogP contribution in [0, 0.1) is 4.77 Å². The van der Waals surface area contributed by atoms with E-state index in [0.29, 0.717) is 16.9 Å². The smallest absolute Gasteiger partial charge is 0.251 e. The van der Waals surface area contributed by atoms with Gasteiger partial charge in [0.05, 0.1) is 6.04 Å². The fourth-order valence-electron chi connectivity index (χ4n) is 3.23. The monoisotopic (exact) mass is 251 g/mol. The lowest BCUT2D eigenvalue weighted by Crippen LogP contribution is -2.38. The van der Waals surface area contributed by atoms with E-state index in [1.165, 1.54) is 25.8 Å². The Morgan fingerprint density at radius 3 is 2.94 bits per heavy atom. The van der Waals surface area contributed by atoms with Gasteiger partial charge in [0.15, 0.2) is 4.77 Å². The van der Waals surface area contributed by atoms with Crippen LogP contribution in [0.1, 0.15) is 31.7 Å². The van der Waals surface area contributed by atoms with Gasteiger partial charge in [-0.2, -0.15) is 0 Å². The Hall–Kier alpha value is -0.940. The third kappa shape index (κ3) is 1.98. The van der Waals surface area contributed by atoms with Gasteiger partial charge in [-0.3, -0.25) is 14.7 Å². The van der Waals surface area contributed by atoms with E-state index in [-0.39, 0.29) is 5.56 Å². The number of piperidine rings is 1. The van der Waals surface area contributed by atoms with E-state index >= 15 is 0 Å². The Balaban J connectivity index is 1.94. The molecule has 0 aliphatic carbocycles. The second-order valence-corrected chi connectivity index (χ2v) is 5.36. The summed E-state index contributed by atoms with van der Waals surface area (Å²) in [6, 6.07) is 2.63. The molecule has 17 heavy (non-hydrogen) atoms. The number of hydrogen-bond donors (Lipinski definition) is 1. The van der Waals surface area contributed by atoms with Crippen molar-refractivity contribution in [3.63, 3.8) is 0 Å². The maximum Gasteiger partial charge on any atom is 0.251 e. The lowest BCUT2D eigenvalue weighted by Gasteiger charge is -2.33. The molecule has 3 heterocycles. The summed E-state index contributed by atoms with van der Waals surface area (Å²) in [5.74, 6) is 0. The second kappa shape index (κ2) is 4.38. The highest BCUT2D eigenvalue weighted by Crippen LogP contribution is 2.34. The van der Waals surface area contributed by atoms with Crippen molar-refractivity contribution >= 4 is 12.2 Å². The first-order valence-electron chi connectivity index (χ1n) is 6.31. The Kier molecular flexibility index (Phi) is 2.88. The SMILES string of the molecule is O=c1ccn(C2CCN3CCCCC23)c(=S)[nH]1. The zero-order valence-electron chi connectivity index (χ0n) is 9.76. The van der Waals surface area contributed by atoms with Crippen LogP contribution in [0.15, 0.2) is 17.1 Å². The molecular weight excluding hydrogens is 234 g/mol. The van der Waals surface area contributed by atoms with Crippen molar-refractivity contribution in [2.75, 3.05) is 13.1 Å². The number of aromatic amines is 1. The third-order valence-electron chi connectivity index (χ3n) is 4.03. The van der Waals surface area contributed by atoms with Gasteiger partial charge in [0.25, 0.3) is 5.56 Å². The largest absolute Gasteiger partial charge is 0.320 e. The molecule has 0 amide bonds. The zero-order valence-corrected chi connectivity index (χ0v) is 10.6. The molecule has 0 spiro atoms. The van der Waals surface area contributed by atoms with Crippen molar-refractivity contribution in [2.45, 2.75) is 37.8 Å². The van der Waals surface area contributed by atoms with Crippen LogP contribution >= 0.6 is 12.2 Å². The molecule has 0 aromatic carbocycles. The number of hydrogen-bond acceptors (Lipinski definition) is 3. The quantitative estimate of drug-likeness (QED) is 0.772. The molecule has 0 saturated carbocycles. The van der Waals surface area contributed by atoms with Crippen LogP contribution in [-0.2, 0) is 0 Å². The molecule has 2 saturated heterocycles. The average Bonchev–Trinajstić information content (AvgIpc) is 2.73.